The summed E-state index contributed by atoms with van der Waals surface area (Å²) in [4.78, 5) is 113. The Labute approximate surface area is 421 Å². The van der Waals surface area contributed by atoms with E-state index in [1.54, 1.807) is 55.4 Å². The van der Waals surface area contributed by atoms with Crippen LogP contribution in [-0.4, -0.2) is 120 Å². The van der Waals surface area contributed by atoms with Crippen LogP contribution < -0.4 is 5.32 Å². The first-order valence-electron chi connectivity index (χ1n) is 24.3. The lowest BCUT2D eigenvalue weighted by molar-refractivity contribution is -0.151. The van der Waals surface area contributed by atoms with Crippen molar-refractivity contribution in [1.82, 2.24) is 5.32 Å². The van der Waals surface area contributed by atoms with E-state index in [1.165, 1.54) is 0 Å². The summed E-state index contributed by atoms with van der Waals surface area (Å²) in [5.74, 6) is -12.7. The Morgan fingerprint density at radius 2 is 0.789 bits per heavy atom. The molecule has 414 valence electrons. The molecule has 6 unspecified atom stereocenters. The highest BCUT2D eigenvalue weighted by Crippen LogP contribution is 2.31. The van der Waals surface area contributed by atoms with E-state index in [9.17, 15) is 61.5 Å². The maximum Gasteiger partial charge on any atom is 0.314 e. The maximum absolute atomic E-state index is 12.2. The van der Waals surface area contributed by atoms with Crippen molar-refractivity contribution in [2.24, 2.45) is 76.9 Å². The molecule has 8 N–H and O–H groups in total. The summed E-state index contributed by atoms with van der Waals surface area (Å²) in [7, 11) is -4.32. The van der Waals surface area contributed by atoms with Crippen LogP contribution in [0.25, 0.3) is 0 Å². The number of aliphatic carboxylic acids is 6. The molecule has 0 fully saturated rings. The molecule has 21 heteroatoms. The zero-order valence-corrected chi connectivity index (χ0v) is 45.8. The average molecular weight is 1040 g/mol. The average Bonchev–Trinajstić information content (AvgIpc) is 3.18. The molecule has 0 aliphatic carbocycles. The van der Waals surface area contributed by atoms with Crippen molar-refractivity contribution in [3.63, 3.8) is 0 Å². The van der Waals surface area contributed by atoms with Crippen molar-refractivity contribution in [1.29, 1.82) is 0 Å². The first kappa shape index (κ1) is 72.9. The maximum atomic E-state index is 12.2. The molecular weight excluding hydrogens is 951 g/mol. The van der Waals surface area contributed by atoms with Crippen molar-refractivity contribution >= 4 is 69.1 Å². The number of rotatable bonds is 32. The zero-order chi connectivity index (χ0) is 57.0. The van der Waals surface area contributed by atoms with Crippen molar-refractivity contribution in [2.75, 3.05) is 6.54 Å². The molecule has 0 amide bonds. The summed E-state index contributed by atoms with van der Waals surface area (Å²) in [5.41, 5.74) is 0. The molecule has 0 aliphatic rings. The van der Waals surface area contributed by atoms with E-state index < -0.39 is 110 Å². The molecule has 0 aliphatic heterocycles. The molecule has 0 bridgehead atoms. The second kappa shape index (κ2) is 36.3. The van der Waals surface area contributed by atoms with E-state index in [1.807, 2.05) is 55.4 Å². The third-order valence-electron chi connectivity index (χ3n) is 11.1. The van der Waals surface area contributed by atoms with Gasteiger partial charge in [-0.2, -0.15) is 8.42 Å². The van der Waals surface area contributed by atoms with Gasteiger partial charge in [0.2, 0.25) is 0 Å². The largest absolute Gasteiger partial charge is 0.481 e. The number of hydrogen-bond acceptors (Lipinski definition) is 13. The Balaban J connectivity index is -0.000000423. The molecule has 71 heavy (non-hydrogen) atoms. The van der Waals surface area contributed by atoms with Gasteiger partial charge in [0, 0.05) is 67.9 Å². The number of nitrogens with one attached hydrogen (secondary N) is 1. The van der Waals surface area contributed by atoms with Gasteiger partial charge in [0.1, 0.15) is 23.3 Å². The van der Waals surface area contributed by atoms with Crippen LogP contribution in [0.15, 0.2) is 0 Å². The smallest absolute Gasteiger partial charge is 0.314 e. The summed E-state index contributed by atoms with van der Waals surface area (Å²) < 4.78 is 30.9. The highest BCUT2D eigenvalue weighted by atomic mass is 32.2. The van der Waals surface area contributed by atoms with E-state index in [2.05, 4.69) is 5.32 Å². The van der Waals surface area contributed by atoms with Crippen LogP contribution in [0.3, 0.4) is 0 Å². The predicted octanol–water partition coefficient (Wildman–Crippen LogP) is 7.39. The topological polar surface area (TPSA) is 358 Å². The van der Waals surface area contributed by atoms with Gasteiger partial charge < -0.3 is 36.0 Å². The number of carbonyl (C=O) groups is 10. The Morgan fingerprint density at radius 3 is 1.06 bits per heavy atom. The molecule has 0 radical (unpaired) electrons. The normalized spacial score (nSPS) is 14.1. The second-order valence-electron chi connectivity index (χ2n) is 21.0. The van der Waals surface area contributed by atoms with Gasteiger partial charge in [-0.3, -0.25) is 52.5 Å². The third-order valence-corrected chi connectivity index (χ3v) is 12.2. The van der Waals surface area contributed by atoms with Gasteiger partial charge in [-0.15, -0.1) is 0 Å². The van der Waals surface area contributed by atoms with Crippen LogP contribution in [-0.2, 0) is 58.1 Å². The van der Waals surface area contributed by atoms with E-state index in [4.69, 9.17) is 30.1 Å². The van der Waals surface area contributed by atoms with Crippen LogP contribution in [0.1, 0.15) is 162 Å². The predicted molar refractivity (Wildman–Crippen MR) is 266 cm³/mol. The molecule has 0 aromatic heterocycles. The van der Waals surface area contributed by atoms with Gasteiger partial charge in [0.05, 0.1) is 11.8 Å². The summed E-state index contributed by atoms with van der Waals surface area (Å²) in [6.45, 7) is 28.5. The minimum Gasteiger partial charge on any atom is -0.481 e. The highest BCUT2D eigenvalue weighted by molar-refractivity contribution is 7.87. The molecule has 6 atom stereocenters. The zero-order valence-electron chi connectivity index (χ0n) is 45.0. The van der Waals surface area contributed by atoms with Crippen molar-refractivity contribution in [3.05, 3.63) is 0 Å². The summed E-state index contributed by atoms with van der Waals surface area (Å²) in [6, 6.07) is 0.0641. The molecule has 0 saturated carbocycles. The first-order valence-corrected chi connectivity index (χ1v) is 25.8. The number of ketones is 4. The fourth-order valence-corrected chi connectivity index (χ4v) is 8.19. The fourth-order valence-electron chi connectivity index (χ4n) is 7.32. The molecule has 0 aromatic carbocycles. The SMILES string of the molecule is CC(C)CC(C(=O)C(C)C)C(CC(=O)O)CC(=O)O.CC(C)CC(C(=O)O)C(CC(=O)O)CC(=O)C(C)C.CC(C)CC(CC(C(=O)O)C(=O)C(C)C)C(=O)O.CC(C)NCC(C(=O)C(C)C)S(=O)(=O)O. The lowest BCUT2D eigenvalue weighted by atomic mass is 9.76. The van der Waals surface area contributed by atoms with E-state index in [0.717, 1.165) is 0 Å². The lowest BCUT2D eigenvalue weighted by Crippen LogP contribution is -2.43. The first-order chi connectivity index (χ1) is 32.1. The standard InChI is InChI=1S/2C14H24O5.C13H22O5.C9H19NO4S/c1-8(2)5-11(14(19)9(3)4)10(6-12(15)16)7-13(17)18;1-8(2)5-11(14(18)19)10(7-13(16)17)6-12(15)9(3)4;1-7(2)5-9(12(15)16)6-10(13(17)18)11(14)8(3)4;1-6(2)9(11)8(15(12,13)14)5-10-7(3)4/h8-11H,5-7H2,1-4H3,(H,15,16)(H,17,18);8-11H,5-7H2,1-4H3,(H,16,17)(H,18,19);7-10H,5-6H2,1-4H3,(H,15,16)(H,17,18);6-8,10H,5H2,1-4H3,(H,12,13,14). The van der Waals surface area contributed by atoms with Crippen molar-refractivity contribution < 1.29 is 91.6 Å². The summed E-state index contributed by atoms with van der Waals surface area (Å²) in [6.07, 6.45) is 0.366. The second-order valence-corrected chi connectivity index (χ2v) is 22.6. The molecule has 0 aromatic rings. The molecule has 0 saturated heterocycles. The van der Waals surface area contributed by atoms with Crippen LogP contribution in [0.2, 0.25) is 0 Å². The van der Waals surface area contributed by atoms with Gasteiger partial charge in [-0.05, 0) is 55.3 Å². The summed E-state index contributed by atoms with van der Waals surface area (Å²) in [5, 5.41) is 55.5. The van der Waals surface area contributed by atoms with E-state index in [-0.39, 0.29) is 85.8 Å². The van der Waals surface area contributed by atoms with Gasteiger partial charge in [-0.25, -0.2) is 0 Å². The summed E-state index contributed by atoms with van der Waals surface area (Å²) >= 11 is 0. The van der Waals surface area contributed by atoms with Gasteiger partial charge in [0.25, 0.3) is 10.1 Å². The Bertz CT molecular complexity index is 1780. The van der Waals surface area contributed by atoms with Crippen LogP contribution in [0, 0.1) is 76.9 Å². The number of carbonyl (C=O) groups excluding carboxylic acids is 4. The van der Waals surface area contributed by atoms with E-state index in [0.29, 0.717) is 19.3 Å². The molecule has 20 nitrogen and oxygen atoms in total. The third kappa shape index (κ3) is 35.2. The molecule has 0 rings (SSSR count). The van der Waals surface area contributed by atoms with Crippen molar-refractivity contribution in [2.45, 2.75) is 173 Å². The number of Topliss-reactive ketones (excluding diaryl/α,β-unsaturated/α-hetero) is 4. The minimum absolute atomic E-state index is 0.0215. The van der Waals surface area contributed by atoms with Gasteiger partial charge >= 0.3 is 35.8 Å². The van der Waals surface area contributed by atoms with E-state index >= 15 is 0 Å². The van der Waals surface area contributed by atoms with Crippen LogP contribution in [0.5, 0.6) is 0 Å². The Kier molecular flexibility index (Phi) is 37.3. The molecular formula is C50H89NO19S. The Hall–Kier alpha value is -4.63. The van der Waals surface area contributed by atoms with Crippen LogP contribution >= 0.6 is 0 Å². The lowest BCUT2D eigenvalue weighted by Gasteiger charge is -2.26. The quantitative estimate of drug-likeness (QED) is 0.0240. The number of carboxylic acids is 6. The fraction of sp³-hybridized carbons (Fsp3) is 0.800. The molecule has 0 heterocycles. The van der Waals surface area contributed by atoms with Crippen LogP contribution in [0.4, 0.5) is 0 Å². The number of hydrogen-bond donors (Lipinski definition) is 8. The van der Waals surface area contributed by atoms with Crippen molar-refractivity contribution in [3.8, 4) is 0 Å². The monoisotopic (exact) mass is 1040 g/mol. The molecule has 0 spiro atoms. The Morgan fingerprint density at radius 1 is 0.423 bits per heavy atom. The number of carboxylic acid groups (broad SMARTS) is 6. The van der Waals surface area contributed by atoms with Gasteiger partial charge in [0.15, 0.2) is 11.0 Å². The minimum atomic E-state index is -4.32. The van der Waals surface area contributed by atoms with Gasteiger partial charge in [-0.1, -0.05) is 111 Å². The highest BCUT2D eigenvalue weighted by Gasteiger charge is 2.36.